The average molecular weight is 308 g/mol. The first kappa shape index (κ1) is 14.1. The van der Waals surface area contributed by atoms with Crippen molar-refractivity contribution in [3.63, 3.8) is 0 Å². The molecule has 2 aromatic rings. The number of benzene rings is 1. The lowest BCUT2D eigenvalue weighted by atomic mass is 10.1. The fraction of sp³-hybridized carbons (Fsp3) is 0.308. The molecule has 1 aromatic heterocycles. The highest BCUT2D eigenvalue weighted by Crippen LogP contribution is 2.32. The molecule has 0 aliphatic carbocycles. The number of aromatic nitrogens is 2. The number of fused-ring (bicyclic) bond motifs is 1. The number of nitrogens with one attached hydrogen (secondary N) is 2. The maximum Gasteiger partial charge on any atom is 0.260 e. The normalized spacial score (nSPS) is 17.5. The first-order valence-corrected chi connectivity index (χ1v) is 7.99. The van der Waals surface area contributed by atoms with Crippen LogP contribution in [0.3, 0.4) is 0 Å². The van der Waals surface area contributed by atoms with Gasteiger partial charge in [0, 0.05) is 23.4 Å². The Morgan fingerprint density at radius 3 is 3.00 bits per heavy atom. The van der Waals surface area contributed by atoms with Crippen molar-refractivity contribution >= 4 is 10.0 Å². The fourth-order valence-electron chi connectivity index (χ4n) is 2.40. The number of para-hydroxylation sites is 1. The number of hydrogen-bond donors (Lipinski definition) is 3. The monoisotopic (exact) mass is 308 g/mol. The van der Waals surface area contributed by atoms with E-state index in [1.54, 1.807) is 6.92 Å². The lowest BCUT2D eigenvalue weighted by molar-refractivity contribution is 0.325. The quantitative estimate of drug-likeness (QED) is 0.765. The molecule has 112 valence electrons. The Balaban J connectivity index is 1.91. The first-order valence-electron chi connectivity index (χ1n) is 6.51. The minimum atomic E-state index is -3.76. The number of aromatic amines is 1. The fourth-order valence-corrected chi connectivity index (χ4v) is 3.80. The van der Waals surface area contributed by atoms with Crippen molar-refractivity contribution in [2.24, 2.45) is 5.73 Å². The maximum atomic E-state index is 12.5. The van der Waals surface area contributed by atoms with E-state index in [0.717, 1.165) is 5.56 Å². The van der Waals surface area contributed by atoms with Crippen LogP contribution in [0, 0.1) is 6.92 Å². The van der Waals surface area contributed by atoms with E-state index in [-0.39, 0.29) is 18.2 Å². The third kappa shape index (κ3) is 2.41. The Labute approximate surface area is 122 Å². The molecule has 4 N–H and O–H groups in total. The summed E-state index contributed by atoms with van der Waals surface area (Å²) in [6.07, 6.45) is 0. The third-order valence-electron chi connectivity index (χ3n) is 3.49. The van der Waals surface area contributed by atoms with Gasteiger partial charge in [-0.3, -0.25) is 5.10 Å². The second-order valence-electron chi connectivity index (χ2n) is 4.86. The Hall–Kier alpha value is -1.90. The number of nitrogens with two attached hydrogens (primary N) is 1. The van der Waals surface area contributed by atoms with Crippen LogP contribution >= 0.6 is 0 Å². The number of ether oxygens (including phenoxy) is 1. The average Bonchev–Trinajstić information content (AvgIpc) is 3.03. The lowest BCUT2D eigenvalue weighted by Crippen LogP contribution is -2.30. The molecule has 0 saturated carbocycles. The molecule has 0 amide bonds. The maximum absolute atomic E-state index is 12.5. The number of nitrogens with zero attached hydrogens (tertiary/aromatic N) is 1. The Morgan fingerprint density at radius 1 is 1.48 bits per heavy atom. The standard InChI is InChI=1S/C13H16N4O3S/c1-8-10(6-14)13(16-15-8)21(18,19)17-11-7-20-12-5-3-2-4-9(11)12/h2-5,11,17H,6-7,14H2,1H3,(H,15,16). The molecular formula is C13H16N4O3S. The van der Waals surface area contributed by atoms with Crippen molar-refractivity contribution in [3.8, 4) is 5.75 Å². The molecule has 2 heterocycles. The van der Waals surface area contributed by atoms with Gasteiger partial charge in [0.05, 0.1) is 6.04 Å². The third-order valence-corrected chi connectivity index (χ3v) is 4.93. The van der Waals surface area contributed by atoms with Crippen molar-refractivity contribution in [3.05, 3.63) is 41.1 Å². The minimum Gasteiger partial charge on any atom is -0.491 e. The summed E-state index contributed by atoms with van der Waals surface area (Å²) in [6, 6.07) is 6.93. The van der Waals surface area contributed by atoms with E-state index in [1.807, 2.05) is 24.3 Å². The van der Waals surface area contributed by atoms with Crippen molar-refractivity contribution in [2.45, 2.75) is 24.5 Å². The molecule has 7 nitrogen and oxygen atoms in total. The molecule has 0 spiro atoms. The first-order chi connectivity index (χ1) is 10.0. The van der Waals surface area contributed by atoms with Gasteiger partial charge in [0.2, 0.25) is 0 Å². The van der Waals surface area contributed by atoms with E-state index in [0.29, 0.717) is 17.0 Å². The van der Waals surface area contributed by atoms with Gasteiger partial charge in [0.25, 0.3) is 10.0 Å². The second kappa shape index (κ2) is 5.14. The van der Waals surface area contributed by atoms with Crippen molar-refractivity contribution < 1.29 is 13.2 Å². The summed E-state index contributed by atoms with van der Waals surface area (Å²) in [5.74, 6) is 0.697. The minimum absolute atomic E-state index is 0.0492. The summed E-state index contributed by atoms with van der Waals surface area (Å²) >= 11 is 0. The van der Waals surface area contributed by atoms with Gasteiger partial charge in [-0.2, -0.15) is 9.82 Å². The molecule has 0 bridgehead atoms. The van der Waals surface area contributed by atoms with Crippen molar-refractivity contribution in [1.82, 2.24) is 14.9 Å². The van der Waals surface area contributed by atoms with E-state index in [9.17, 15) is 8.42 Å². The number of hydrogen-bond acceptors (Lipinski definition) is 5. The topological polar surface area (TPSA) is 110 Å². The lowest BCUT2D eigenvalue weighted by Gasteiger charge is -2.11. The van der Waals surface area contributed by atoms with Crippen LogP contribution in [0.4, 0.5) is 0 Å². The summed E-state index contributed by atoms with van der Waals surface area (Å²) in [4.78, 5) is 0. The zero-order chi connectivity index (χ0) is 15.0. The highest BCUT2D eigenvalue weighted by atomic mass is 32.2. The molecule has 3 rings (SSSR count). The number of H-pyrrole nitrogens is 1. The molecule has 8 heteroatoms. The van der Waals surface area contributed by atoms with Gasteiger partial charge in [0.15, 0.2) is 5.03 Å². The summed E-state index contributed by atoms with van der Waals surface area (Å²) < 4.78 is 33.1. The van der Waals surface area contributed by atoms with Crippen LogP contribution in [0.2, 0.25) is 0 Å². The number of rotatable bonds is 4. The van der Waals surface area contributed by atoms with E-state index >= 15 is 0 Å². The van der Waals surface area contributed by atoms with Gasteiger partial charge in [-0.25, -0.2) is 8.42 Å². The molecule has 1 aliphatic heterocycles. The van der Waals surface area contributed by atoms with Crippen LogP contribution in [0.25, 0.3) is 0 Å². The summed E-state index contributed by atoms with van der Waals surface area (Å²) in [7, 11) is -3.76. The van der Waals surface area contributed by atoms with Gasteiger partial charge in [-0.05, 0) is 13.0 Å². The Bertz CT molecular complexity index is 769. The molecule has 1 atom stereocenters. The molecule has 0 saturated heterocycles. The van der Waals surface area contributed by atoms with E-state index in [2.05, 4.69) is 14.9 Å². The highest BCUT2D eigenvalue weighted by molar-refractivity contribution is 7.89. The largest absolute Gasteiger partial charge is 0.491 e. The van der Waals surface area contributed by atoms with Crippen LogP contribution in [-0.2, 0) is 16.6 Å². The van der Waals surface area contributed by atoms with E-state index in [1.165, 1.54) is 0 Å². The van der Waals surface area contributed by atoms with E-state index < -0.39 is 16.1 Å². The molecule has 1 unspecified atom stereocenters. The predicted octanol–water partition coefficient (Wildman–Crippen LogP) is 0.589. The number of sulfonamides is 1. The molecule has 1 aromatic carbocycles. The van der Waals surface area contributed by atoms with Crippen LogP contribution in [0.5, 0.6) is 5.75 Å². The summed E-state index contributed by atoms with van der Waals surface area (Å²) in [5, 5.41) is 6.47. The summed E-state index contributed by atoms with van der Waals surface area (Å²) in [6.45, 7) is 2.11. The van der Waals surface area contributed by atoms with Gasteiger partial charge in [-0.15, -0.1) is 0 Å². The molecule has 0 radical (unpaired) electrons. The molecule has 1 aliphatic rings. The van der Waals surface area contributed by atoms with Gasteiger partial charge in [-0.1, -0.05) is 18.2 Å². The summed E-state index contributed by atoms with van der Waals surface area (Å²) in [5.41, 5.74) is 7.57. The van der Waals surface area contributed by atoms with Crippen molar-refractivity contribution in [1.29, 1.82) is 0 Å². The van der Waals surface area contributed by atoms with Crippen LogP contribution in [-0.4, -0.2) is 25.2 Å². The van der Waals surface area contributed by atoms with Gasteiger partial charge >= 0.3 is 0 Å². The smallest absolute Gasteiger partial charge is 0.260 e. The van der Waals surface area contributed by atoms with Gasteiger partial charge < -0.3 is 10.5 Å². The van der Waals surface area contributed by atoms with Gasteiger partial charge in [0.1, 0.15) is 12.4 Å². The van der Waals surface area contributed by atoms with E-state index in [4.69, 9.17) is 10.5 Å². The second-order valence-corrected chi connectivity index (χ2v) is 6.49. The zero-order valence-corrected chi connectivity index (χ0v) is 12.3. The Morgan fingerprint density at radius 2 is 2.24 bits per heavy atom. The SMILES string of the molecule is Cc1[nH]nc(S(=O)(=O)NC2COc3ccccc32)c1CN. The molecule has 21 heavy (non-hydrogen) atoms. The Kier molecular flexibility index (Phi) is 3.44. The van der Waals surface area contributed by atoms with Crippen molar-refractivity contribution in [2.75, 3.05) is 6.61 Å². The highest BCUT2D eigenvalue weighted by Gasteiger charge is 2.31. The molecular weight excluding hydrogens is 292 g/mol. The van der Waals surface area contributed by atoms with Crippen LogP contribution < -0.4 is 15.2 Å². The van der Waals surface area contributed by atoms with Crippen LogP contribution in [0.15, 0.2) is 29.3 Å². The zero-order valence-electron chi connectivity index (χ0n) is 11.5. The predicted molar refractivity (Wildman–Crippen MR) is 76.2 cm³/mol. The van der Waals surface area contributed by atoms with Crippen LogP contribution in [0.1, 0.15) is 22.9 Å². The molecule has 0 fully saturated rings. The number of aryl methyl sites for hydroxylation is 1.